The van der Waals surface area contributed by atoms with Gasteiger partial charge in [0.25, 0.3) is 11.8 Å². The molecule has 3 rings (SSSR count). The van der Waals surface area contributed by atoms with Crippen LogP contribution in [0.5, 0.6) is 0 Å². The lowest BCUT2D eigenvalue weighted by atomic mass is 9.85. The fraction of sp³-hybridized carbons (Fsp3) is 0.455. The number of carbonyl (C=O) groups excluding carboxylic acids is 3. The van der Waals surface area contributed by atoms with Crippen molar-refractivity contribution in [1.29, 1.82) is 0 Å². The third-order valence-electron chi connectivity index (χ3n) is 5.91. The number of anilines is 1. The molecule has 2 aromatic rings. The average molecular weight is 498 g/mol. The van der Waals surface area contributed by atoms with Crippen LogP contribution in [-0.4, -0.2) is 47.0 Å². The minimum atomic E-state index is -0.956. The monoisotopic (exact) mass is 497 g/mol. The van der Waals surface area contributed by atoms with E-state index in [0.29, 0.717) is 31.7 Å². The zero-order chi connectivity index (χ0) is 25.0. The number of halogens is 3. The van der Waals surface area contributed by atoms with Gasteiger partial charge >= 0.3 is 0 Å². The highest BCUT2D eigenvalue weighted by atomic mass is 35.5. The Balaban J connectivity index is 1.67. The first-order valence-corrected chi connectivity index (χ1v) is 11.1. The zero-order valence-electron chi connectivity index (χ0n) is 18.7. The first-order chi connectivity index (χ1) is 16.1. The predicted molar refractivity (Wildman–Crippen MR) is 121 cm³/mol. The number of nitrogens with one attached hydrogen (secondary N) is 2. The summed E-state index contributed by atoms with van der Waals surface area (Å²) in [4.78, 5) is 41.4. The molecule has 1 saturated carbocycles. The summed E-state index contributed by atoms with van der Waals surface area (Å²) in [6, 6.07) is 1.36. The highest BCUT2D eigenvalue weighted by molar-refractivity contribution is 6.33. The number of carbonyl (C=O) groups is 3. The molecule has 0 radical (unpaired) electrons. The summed E-state index contributed by atoms with van der Waals surface area (Å²) >= 11 is 5.86. The summed E-state index contributed by atoms with van der Waals surface area (Å²) in [5, 5.41) is 4.86. The lowest BCUT2D eigenvalue weighted by molar-refractivity contribution is -0.121. The van der Waals surface area contributed by atoms with Crippen molar-refractivity contribution in [3.8, 4) is 0 Å². The van der Waals surface area contributed by atoms with Gasteiger partial charge in [0, 0.05) is 31.7 Å². The number of rotatable bonds is 8. The molecule has 12 heteroatoms. The molecule has 9 nitrogen and oxygen atoms in total. The summed E-state index contributed by atoms with van der Waals surface area (Å²) in [6.07, 6.45) is 3.03. The third kappa shape index (κ3) is 5.71. The third-order valence-corrected chi connectivity index (χ3v) is 6.21. The number of imidazole rings is 1. The van der Waals surface area contributed by atoms with Crippen molar-refractivity contribution < 1.29 is 27.9 Å². The molecule has 4 N–H and O–H groups in total. The van der Waals surface area contributed by atoms with Crippen LogP contribution < -0.4 is 16.4 Å². The van der Waals surface area contributed by atoms with E-state index in [1.807, 2.05) is 0 Å². The van der Waals surface area contributed by atoms with E-state index in [-0.39, 0.29) is 40.8 Å². The maximum atomic E-state index is 14.0. The van der Waals surface area contributed by atoms with Crippen molar-refractivity contribution in [2.24, 2.45) is 11.7 Å². The number of nitrogens with zero attached hydrogens (tertiary/aromatic N) is 2. The van der Waals surface area contributed by atoms with Crippen LogP contribution in [0.2, 0.25) is 5.02 Å². The normalized spacial score (nSPS) is 18.9. The summed E-state index contributed by atoms with van der Waals surface area (Å²) in [6.45, 7) is 2.01. The smallest absolute Gasteiger partial charge is 0.272 e. The number of hydrogen-bond donors (Lipinski definition) is 3. The van der Waals surface area contributed by atoms with Crippen LogP contribution in [-0.2, 0) is 9.53 Å². The second kappa shape index (κ2) is 10.9. The first-order valence-electron chi connectivity index (χ1n) is 10.7. The van der Waals surface area contributed by atoms with Gasteiger partial charge in [-0.05, 0) is 38.7 Å². The SMILES string of the molecule is COC(C)CNC(=O)c1ncn(C2CCC(C(=O)Nc3c(F)cc(F)cc3Cl)CC2)c1C(N)=O. The Labute approximate surface area is 200 Å². The second-order valence-corrected chi connectivity index (χ2v) is 8.62. The molecule has 1 heterocycles. The number of hydrogen-bond acceptors (Lipinski definition) is 5. The predicted octanol–water partition coefficient (Wildman–Crippen LogP) is 3.05. The van der Waals surface area contributed by atoms with Gasteiger partial charge in [0.15, 0.2) is 11.5 Å². The molecule has 1 aromatic heterocycles. The molecule has 0 spiro atoms. The van der Waals surface area contributed by atoms with Crippen LogP contribution >= 0.6 is 11.6 Å². The standard InChI is InChI=1S/C22H26ClF2N5O4/c1-11(34-2)9-27-22(33)18-19(20(26)31)30(10-28-18)14-5-3-12(4-6-14)21(32)29-17-15(23)7-13(24)8-16(17)25/h7-8,10-12,14H,3-6,9H2,1-2H3,(H2,26,31)(H,27,33)(H,29,32). The van der Waals surface area contributed by atoms with Gasteiger partial charge in [-0.15, -0.1) is 0 Å². The molecular formula is C22H26ClF2N5O4. The van der Waals surface area contributed by atoms with E-state index in [1.165, 1.54) is 13.4 Å². The van der Waals surface area contributed by atoms with E-state index in [2.05, 4.69) is 15.6 Å². The minimum Gasteiger partial charge on any atom is -0.380 e. The van der Waals surface area contributed by atoms with E-state index in [4.69, 9.17) is 22.1 Å². The Morgan fingerprint density at radius 1 is 1.26 bits per heavy atom. The molecule has 1 fully saturated rings. The van der Waals surface area contributed by atoms with Gasteiger partial charge in [0.2, 0.25) is 5.91 Å². The quantitative estimate of drug-likeness (QED) is 0.516. The van der Waals surface area contributed by atoms with Crippen molar-refractivity contribution in [3.63, 3.8) is 0 Å². The molecule has 1 unspecified atom stereocenters. The van der Waals surface area contributed by atoms with E-state index in [0.717, 1.165) is 6.07 Å². The number of ether oxygens (including phenoxy) is 1. The molecule has 1 aromatic carbocycles. The lowest BCUT2D eigenvalue weighted by Gasteiger charge is -2.29. The lowest BCUT2D eigenvalue weighted by Crippen LogP contribution is -2.34. The van der Waals surface area contributed by atoms with Gasteiger partial charge in [0.1, 0.15) is 11.5 Å². The van der Waals surface area contributed by atoms with Crippen molar-refractivity contribution in [3.05, 3.63) is 46.5 Å². The van der Waals surface area contributed by atoms with Gasteiger partial charge in [-0.25, -0.2) is 13.8 Å². The Morgan fingerprint density at radius 3 is 2.53 bits per heavy atom. The van der Waals surface area contributed by atoms with E-state index < -0.39 is 35.3 Å². The molecule has 3 amide bonds. The van der Waals surface area contributed by atoms with E-state index >= 15 is 0 Å². The average Bonchev–Trinajstić information content (AvgIpc) is 3.25. The molecule has 1 atom stereocenters. The largest absolute Gasteiger partial charge is 0.380 e. The molecule has 0 saturated heterocycles. The Hall–Kier alpha value is -3.05. The molecule has 184 valence electrons. The highest BCUT2D eigenvalue weighted by Crippen LogP contribution is 2.35. The van der Waals surface area contributed by atoms with Gasteiger partial charge in [-0.2, -0.15) is 0 Å². The number of benzene rings is 1. The van der Waals surface area contributed by atoms with Gasteiger partial charge < -0.3 is 25.7 Å². The minimum absolute atomic E-state index is 0.00404. The van der Waals surface area contributed by atoms with Gasteiger partial charge in [0.05, 0.1) is 23.1 Å². The van der Waals surface area contributed by atoms with Gasteiger partial charge in [-0.3, -0.25) is 14.4 Å². The summed E-state index contributed by atoms with van der Waals surface area (Å²) < 4.78 is 33.9. The molecule has 1 aliphatic rings. The number of amides is 3. The summed E-state index contributed by atoms with van der Waals surface area (Å²) in [5.41, 5.74) is 5.20. The van der Waals surface area contributed by atoms with Crippen molar-refractivity contribution in [1.82, 2.24) is 14.9 Å². The molecule has 0 aliphatic heterocycles. The van der Waals surface area contributed by atoms with Crippen LogP contribution in [0.4, 0.5) is 14.5 Å². The van der Waals surface area contributed by atoms with Crippen molar-refractivity contribution in [2.75, 3.05) is 19.0 Å². The molecular weight excluding hydrogens is 472 g/mol. The fourth-order valence-corrected chi connectivity index (χ4v) is 4.20. The van der Waals surface area contributed by atoms with Crippen LogP contribution in [0.1, 0.15) is 59.6 Å². The topological polar surface area (TPSA) is 128 Å². The number of nitrogens with two attached hydrogens (primary N) is 1. The Morgan fingerprint density at radius 2 is 1.94 bits per heavy atom. The van der Waals surface area contributed by atoms with Crippen molar-refractivity contribution >= 4 is 35.0 Å². The summed E-state index contributed by atoms with van der Waals surface area (Å²) in [5.74, 6) is -3.99. The number of aromatic nitrogens is 2. The van der Waals surface area contributed by atoms with Crippen LogP contribution in [0.3, 0.4) is 0 Å². The maximum Gasteiger partial charge on any atom is 0.272 e. The van der Waals surface area contributed by atoms with E-state index in [1.54, 1.807) is 11.5 Å². The number of primary amides is 1. The van der Waals surface area contributed by atoms with Crippen LogP contribution in [0, 0.1) is 17.6 Å². The second-order valence-electron chi connectivity index (χ2n) is 8.21. The molecule has 1 aliphatic carbocycles. The summed E-state index contributed by atoms with van der Waals surface area (Å²) in [7, 11) is 1.52. The molecule has 34 heavy (non-hydrogen) atoms. The first kappa shape index (κ1) is 25.6. The molecule has 0 bridgehead atoms. The van der Waals surface area contributed by atoms with E-state index in [9.17, 15) is 23.2 Å². The van der Waals surface area contributed by atoms with Gasteiger partial charge in [-0.1, -0.05) is 11.6 Å². The Kier molecular flexibility index (Phi) is 8.21. The number of methoxy groups -OCH3 is 1. The van der Waals surface area contributed by atoms with Crippen LogP contribution in [0.15, 0.2) is 18.5 Å². The fourth-order valence-electron chi connectivity index (χ4n) is 3.95. The zero-order valence-corrected chi connectivity index (χ0v) is 19.5. The Bertz CT molecular complexity index is 1060. The maximum absolute atomic E-state index is 14.0. The van der Waals surface area contributed by atoms with Crippen molar-refractivity contribution in [2.45, 2.75) is 44.8 Å². The van der Waals surface area contributed by atoms with Crippen LogP contribution in [0.25, 0.3) is 0 Å². The highest BCUT2D eigenvalue weighted by Gasteiger charge is 2.32.